The van der Waals surface area contributed by atoms with E-state index in [1.165, 1.54) is 0 Å². The highest BCUT2D eigenvalue weighted by Gasteiger charge is 2.40. The third-order valence-electron chi connectivity index (χ3n) is 4.39. The molecular formula is C13H21N3O2. The number of piperidine rings is 1. The summed E-state index contributed by atoms with van der Waals surface area (Å²) in [4.78, 5) is 28.1. The molecule has 3 saturated heterocycles. The van der Waals surface area contributed by atoms with Crippen LogP contribution in [0.1, 0.15) is 25.7 Å². The summed E-state index contributed by atoms with van der Waals surface area (Å²) in [6, 6.07) is -0.158. The molecule has 3 aliphatic rings. The average molecular weight is 251 g/mol. The summed E-state index contributed by atoms with van der Waals surface area (Å²) in [5.41, 5.74) is 0. The largest absolute Gasteiger partial charge is 0.331 e. The maximum Gasteiger partial charge on any atom is 0.245 e. The van der Waals surface area contributed by atoms with E-state index >= 15 is 0 Å². The van der Waals surface area contributed by atoms with Crippen molar-refractivity contribution in [1.29, 1.82) is 0 Å². The Morgan fingerprint density at radius 2 is 2.11 bits per heavy atom. The Morgan fingerprint density at radius 3 is 2.89 bits per heavy atom. The molecule has 3 aliphatic heterocycles. The van der Waals surface area contributed by atoms with E-state index in [-0.39, 0.29) is 17.9 Å². The lowest BCUT2D eigenvalue weighted by molar-refractivity contribution is -0.158. The Labute approximate surface area is 107 Å². The van der Waals surface area contributed by atoms with Crippen LogP contribution in [-0.4, -0.2) is 60.4 Å². The molecule has 2 unspecified atom stereocenters. The van der Waals surface area contributed by atoms with Crippen LogP contribution in [0, 0.1) is 5.92 Å². The van der Waals surface area contributed by atoms with E-state index in [1.807, 2.05) is 0 Å². The van der Waals surface area contributed by atoms with Crippen LogP contribution in [0.15, 0.2) is 0 Å². The quantitative estimate of drug-likeness (QED) is 0.740. The van der Waals surface area contributed by atoms with E-state index in [9.17, 15) is 9.59 Å². The molecule has 0 saturated carbocycles. The molecule has 3 fully saturated rings. The second kappa shape index (κ2) is 4.88. The van der Waals surface area contributed by atoms with Gasteiger partial charge in [0.25, 0.3) is 0 Å². The van der Waals surface area contributed by atoms with Gasteiger partial charge in [0, 0.05) is 13.1 Å². The average Bonchev–Trinajstić information content (AvgIpc) is 2.89. The van der Waals surface area contributed by atoms with Crippen LogP contribution in [0.3, 0.4) is 0 Å². The van der Waals surface area contributed by atoms with E-state index in [0.717, 1.165) is 51.9 Å². The molecular weight excluding hydrogens is 230 g/mol. The zero-order valence-electron chi connectivity index (χ0n) is 10.7. The first-order chi connectivity index (χ1) is 8.75. The van der Waals surface area contributed by atoms with Crippen LogP contribution in [-0.2, 0) is 9.59 Å². The predicted octanol–water partition coefficient (Wildman–Crippen LogP) is -0.181. The highest BCUT2D eigenvalue weighted by molar-refractivity contribution is 5.95. The third-order valence-corrected chi connectivity index (χ3v) is 4.39. The van der Waals surface area contributed by atoms with E-state index < -0.39 is 0 Å². The van der Waals surface area contributed by atoms with Gasteiger partial charge in [-0.05, 0) is 44.7 Å². The van der Waals surface area contributed by atoms with Crippen molar-refractivity contribution in [2.24, 2.45) is 5.92 Å². The second-order valence-corrected chi connectivity index (χ2v) is 5.68. The minimum atomic E-state index is -0.158. The summed E-state index contributed by atoms with van der Waals surface area (Å²) in [5.74, 6) is 0.850. The van der Waals surface area contributed by atoms with Crippen molar-refractivity contribution in [2.45, 2.75) is 31.7 Å². The van der Waals surface area contributed by atoms with Crippen molar-refractivity contribution < 1.29 is 9.59 Å². The summed E-state index contributed by atoms with van der Waals surface area (Å²) in [5, 5.41) is 3.31. The second-order valence-electron chi connectivity index (χ2n) is 5.68. The Morgan fingerprint density at radius 1 is 1.22 bits per heavy atom. The molecule has 5 heteroatoms. The number of hydrogen-bond donors (Lipinski definition) is 1. The Balaban J connectivity index is 1.68. The predicted molar refractivity (Wildman–Crippen MR) is 66.9 cm³/mol. The van der Waals surface area contributed by atoms with Gasteiger partial charge in [-0.15, -0.1) is 0 Å². The van der Waals surface area contributed by atoms with Crippen LogP contribution >= 0.6 is 0 Å². The molecule has 3 heterocycles. The highest BCUT2D eigenvalue weighted by atomic mass is 16.2. The van der Waals surface area contributed by atoms with Crippen LogP contribution in [0.25, 0.3) is 0 Å². The molecule has 0 aliphatic carbocycles. The number of amides is 2. The van der Waals surface area contributed by atoms with E-state index in [1.54, 1.807) is 9.80 Å². The Bertz CT molecular complexity index is 352. The van der Waals surface area contributed by atoms with E-state index in [4.69, 9.17) is 0 Å². The fourth-order valence-corrected chi connectivity index (χ4v) is 3.37. The van der Waals surface area contributed by atoms with Crippen molar-refractivity contribution >= 4 is 11.8 Å². The summed E-state index contributed by atoms with van der Waals surface area (Å²) in [6.07, 6.45) is 4.08. The van der Waals surface area contributed by atoms with Crippen molar-refractivity contribution in [1.82, 2.24) is 15.1 Å². The zero-order chi connectivity index (χ0) is 12.5. The van der Waals surface area contributed by atoms with Gasteiger partial charge in [-0.25, -0.2) is 0 Å². The first kappa shape index (κ1) is 12.0. The van der Waals surface area contributed by atoms with Crippen LogP contribution in [0.5, 0.6) is 0 Å². The Hall–Kier alpha value is -1.10. The van der Waals surface area contributed by atoms with Gasteiger partial charge in [-0.3, -0.25) is 9.59 Å². The summed E-state index contributed by atoms with van der Waals surface area (Å²) < 4.78 is 0. The molecule has 0 aromatic carbocycles. The molecule has 0 radical (unpaired) electrons. The van der Waals surface area contributed by atoms with Gasteiger partial charge in [-0.1, -0.05) is 0 Å². The standard InChI is InChI=1S/C13H21N3O2/c17-12-9-15(8-10-4-5-14-7-10)13(18)11-3-1-2-6-16(11)12/h10-11,14H,1-9H2. The van der Waals surface area contributed by atoms with Crippen LogP contribution in [0.2, 0.25) is 0 Å². The number of nitrogens with zero attached hydrogens (tertiary/aromatic N) is 2. The summed E-state index contributed by atoms with van der Waals surface area (Å²) >= 11 is 0. The first-order valence-corrected chi connectivity index (χ1v) is 7.04. The number of rotatable bonds is 2. The molecule has 100 valence electrons. The third kappa shape index (κ3) is 2.11. The lowest BCUT2D eigenvalue weighted by Crippen LogP contribution is -2.61. The topological polar surface area (TPSA) is 52.7 Å². The van der Waals surface area contributed by atoms with Crippen LogP contribution in [0.4, 0.5) is 0 Å². The van der Waals surface area contributed by atoms with Crippen molar-refractivity contribution in [3.8, 4) is 0 Å². The van der Waals surface area contributed by atoms with Crippen molar-refractivity contribution in [3.05, 3.63) is 0 Å². The van der Waals surface area contributed by atoms with E-state index in [2.05, 4.69) is 5.32 Å². The highest BCUT2D eigenvalue weighted by Crippen LogP contribution is 2.24. The summed E-state index contributed by atoms with van der Waals surface area (Å²) in [6.45, 7) is 3.84. The van der Waals surface area contributed by atoms with Crippen molar-refractivity contribution in [2.75, 3.05) is 32.7 Å². The van der Waals surface area contributed by atoms with E-state index in [0.29, 0.717) is 12.5 Å². The molecule has 0 bridgehead atoms. The molecule has 1 N–H and O–H groups in total. The lowest BCUT2D eigenvalue weighted by atomic mass is 9.97. The van der Waals surface area contributed by atoms with Gasteiger partial charge in [0.1, 0.15) is 6.04 Å². The molecule has 2 atom stereocenters. The molecule has 0 spiro atoms. The Kier molecular flexibility index (Phi) is 3.24. The fourth-order valence-electron chi connectivity index (χ4n) is 3.37. The normalized spacial score (nSPS) is 32.9. The minimum Gasteiger partial charge on any atom is -0.331 e. The van der Waals surface area contributed by atoms with Crippen LogP contribution < -0.4 is 5.32 Å². The number of carbonyl (C=O) groups is 2. The van der Waals surface area contributed by atoms with Gasteiger partial charge in [0.15, 0.2) is 0 Å². The number of piperazine rings is 1. The number of nitrogens with one attached hydrogen (secondary N) is 1. The SMILES string of the molecule is O=C1C2CCCCN2C(=O)CN1CC1CCNC1. The lowest BCUT2D eigenvalue weighted by Gasteiger charge is -2.43. The number of carbonyl (C=O) groups excluding carboxylic acids is 2. The zero-order valence-corrected chi connectivity index (χ0v) is 10.7. The molecule has 0 aromatic rings. The van der Waals surface area contributed by atoms with Gasteiger partial charge in [0.05, 0.1) is 6.54 Å². The molecule has 5 nitrogen and oxygen atoms in total. The minimum absolute atomic E-state index is 0.144. The maximum atomic E-state index is 12.4. The monoisotopic (exact) mass is 251 g/mol. The molecule has 0 aromatic heterocycles. The summed E-state index contributed by atoms with van der Waals surface area (Å²) in [7, 11) is 0. The fraction of sp³-hybridized carbons (Fsp3) is 0.846. The molecule has 18 heavy (non-hydrogen) atoms. The first-order valence-electron chi connectivity index (χ1n) is 7.04. The van der Waals surface area contributed by atoms with Gasteiger partial charge in [-0.2, -0.15) is 0 Å². The smallest absolute Gasteiger partial charge is 0.245 e. The number of fused-ring (bicyclic) bond motifs is 1. The number of hydrogen-bond acceptors (Lipinski definition) is 3. The maximum absolute atomic E-state index is 12.4. The molecule has 2 amide bonds. The molecule has 3 rings (SSSR count). The van der Waals surface area contributed by atoms with Crippen molar-refractivity contribution in [3.63, 3.8) is 0 Å². The van der Waals surface area contributed by atoms with Gasteiger partial charge >= 0.3 is 0 Å². The van der Waals surface area contributed by atoms with Gasteiger partial charge in [0.2, 0.25) is 11.8 Å². The van der Waals surface area contributed by atoms with Gasteiger partial charge < -0.3 is 15.1 Å².